The topological polar surface area (TPSA) is 81.9 Å². The third-order valence-corrected chi connectivity index (χ3v) is 3.79. The van der Waals surface area contributed by atoms with Crippen molar-refractivity contribution in [2.75, 3.05) is 6.61 Å². The summed E-state index contributed by atoms with van der Waals surface area (Å²) in [6, 6.07) is 0. The summed E-state index contributed by atoms with van der Waals surface area (Å²) in [6.07, 6.45) is 9.75. The molecule has 1 amide bonds. The summed E-state index contributed by atoms with van der Waals surface area (Å²) >= 11 is 5.75. The minimum atomic E-state index is -0.149. The lowest BCUT2D eigenvalue weighted by molar-refractivity contribution is -0.122. The van der Waals surface area contributed by atoms with Crippen molar-refractivity contribution in [2.45, 2.75) is 38.5 Å². The molecule has 0 bridgehead atoms. The predicted molar refractivity (Wildman–Crippen MR) is 83.7 cm³/mol. The largest absolute Gasteiger partial charge is 0.370 e. The maximum absolute atomic E-state index is 11.8. The molecule has 8 heteroatoms. The number of amides is 1. The molecule has 3 heterocycles. The third kappa shape index (κ3) is 4.49. The molecular formula is C15H18ClN5O2. The van der Waals surface area contributed by atoms with Gasteiger partial charge in [-0.1, -0.05) is 11.6 Å². The first-order valence-electron chi connectivity index (χ1n) is 7.58. The Morgan fingerprint density at radius 2 is 2.17 bits per heavy atom. The molecule has 0 spiro atoms. The zero-order valence-electron chi connectivity index (χ0n) is 12.6. The summed E-state index contributed by atoms with van der Waals surface area (Å²) in [7, 11) is 0. The van der Waals surface area contributed by atoms with E-state index < -0.39 is 0 Å². The zero-order chi connectivity index (χ0) is 16.1. The maximum atomic E-state index is 11.8. The second-order valence-electron chi connectivity index (χ2n) is 5.44. The van der Waals surface area contributed by atoms with E-state index in [-0.39, 0.29) is 18.6 Å². The highest BCUT2D eigenvalue weighted by molar-refractivity contribution is 6.30. The van der Waals surface area contributed by atoms with Crippen molar-refractivity contribution in [2.24, 2.45) is 0 Å². The fourth-order valence-electron chi connectivity index (χ4n) is 2.40. The Morgan fingerprint density at radius 3 is 2.83 bits per heavy atom. The fourth-order valence-corrected chi connectivity index (χ4v) is 2.55. The summed E-state index contributed by atoms with van der Waals surface area (Å²) in [5.74, 6) is 0.565. The lowest BCUT2D eigenvalue weighted by Gasteiger charge is -2.21. The monoisotopic (exact) mass is 335 g/mol. The summed E-state index contributed by atoms with van der Waals surface area (Å²) in [6.45, 7) is 1.27. The highest BCUT2D eigenvalue weighted by atomic mass is 35.5. The Kier molecular flexibility index (Phi) is 5.19. The lowest BCUT2D eigenvalue weighted by Crippen LogP contribution is -2.27. The zero-order valence-corrected chi connectivity index (χ0v) is 13.4. The van der Waals surface area contributed by atoms with Gasteiger partial charge in [0, 0.05) is 37.3 Å². The van der Waals surface area contributed by atoms with Gasteiger partial charge in [0.15, 0.2) is 5.82 Å². The van der Waals surface area contributed by atoms with E-state index >= 15 is 0 Å². The molecule has 0 radical (unpaired) electrons. The van der Waals surface area contributed by atoms with Gasteiger partial charge in [0.25, 0.3) is 0 Å². The van der Waals surface area contributed by atoms with Crippen LogP contribution in [0.15, 0.2) is 24.8 Å². The molecule has 1 unspecified atom stereocenters. The van der Waals surface area contributed by atoms with Crippen LogP contribution in [0, 0.1) is 0 Å². The van der Waals surface area contributed by atoms with Crippen LogP contribution in [0.2, 0.25) is 5.02 Å². The van der Waals surface area contributed by atoms with Gasteiger partial charge >= 0.3 is 0 Å². The molecule has 0 aliphatic carbocycles. The van der Waals surface area contributed by atoms with Crippen LogP contribution in [-0.2, 0) is 22.6 Å². The number of hydrogen-bond acceptors (Lipinski definition) is 5. The Hall–Kier alpha value is -1.99. The first-order chi connectivity index (χ1) is 11.2. The molecule has 1 atom stereocenters. The van der Waals surface area contributed by atoms with E-state index in [1.807, 2.05) is 0 Å². The van der Waals surface area contributed by atoms with Crippen LogP contribution >= 0.6 is 11.6 Å². The van der Waals surface area contributed by atoms with Crippen LogP contribution in [0.3, 0.4) is 0 Å². The molecule has 122 valence electrons. The van der Waals surface area contributed by atoms with E-state index in [0.717, 1.165) is 31.4 Å². The van der Waals surface area contributed by atoms with Crippen molar-refractivity contribution in [3.05, 3.63) is 41.2 Å². The molecule has 7 nitrogen and oxygen atoms in total. The number of ether oxygens (including phenoxy) is 1. The number of carbonyl (C=O) groups excluding carboxylic acids is 1. The van der Waals surface area contributed by atoms with Crippen LogP contribution in [0.4, 0.5) is 0 Å². The SMILES string of the molecule is O=C(Cn1cc(Cl)cn1)NCc1cnc(C2CCCCO2)nc1. The number of rotatable bonds is 5. The predicted octanol–water partition coefficient (Wildman–Crippen LogP) is 1.88. The van der Waals surface area contributed by atoms with Crippen molar-refractivity contribution >= 4 is 17.5 Å². The van der Waals surface area contributed by atoms with E-state index in [1.165, 1.54) is 10.9 Å². The average Bonchev–Trinajstić information content (AvgIpc) is 2.99. The Morgan fingerprint density at radius 1 is 1.35 bits per heavy atom. The van der Waals surface area contributed by atoms with Gasteiger partial charge in [0.05, 0.1) is 11.2 Å². The molecule has 2 aromatic rings. The number of halogens is 1. The van der Waals surface area contributed by atoms with E-state index in [4.69, 9.17) is 16.3 Å². The molecular weight excluding hydrogens is 318 g/mol. The highest BCUT2D eigenvalue weighted by Crippen LogP contribution is 2.24. The Labute approximate surface area is 139 Å². The van der Waals surface area contributed by atoms with E-state index in [2.05, 4.69) is 20.4 Å². The van der Waals surface area contributed by atoms with Crippen LogP contribution in [-0.4, -0.2) is 32.3 Å². The number of nitrogens with zero attached hydrogens (tertiary/aromatic N) is 4. The van der Waals surface area contributed by atoms with Gasteiger partial charge in [0.2, 0.25) is 5.91 Å². The molecule has 1 aliphatic heterocycles. The van der Waals surface area contributed by atoms with Crippen molar-refractivity contribution in [3.63, 3.8) is 0 Å². The minimum absolute atomic E-state index is 0.00282. The maximum Gasteiger partial charge on any atom is 0.242 e. The summed E-state index contributed by atoms with van der Waals surface area (Å²) in [5.41, 5.74) is 0.844. The van der Waals surface area contributed by atoms with Gasteiger partial charge in [0.1, 0.15) is 12.6 Å². The van der Waals surface area contributed by atoms with Gasteiger partial charge in [-0.3, -0.25) is 9.48 Å². The van der Waals surface area contributed by atoms with Crippen molar-refractivity contribution in [3.8, 4) is 0 Å². The molecule has 1 N–H and O–H groups in total. The molecule has 1 saturated heterocycles. The number of carbonyl (C=O) groups is 1. The molecule has 1 aliphatic rings. The lowest BCUT2D eigenvalue weighted by atomic mass is 10.1. The minimum Gasteiger partial charge on any atom is -0.370 e. The van der Waals surface area contributed by atoms with Crippen molar-refractivity contribution in [1.82, 2.24) is 25.1 Å². The molecule has 1 fully saturated rings. The summed E-state index contributed by atoms with van der Waals surface area (Å²) in [4.78, 5) is 20.5. The molecule has 23 heavy (non-hydrogen) atoms. The van der Waals surface area contributed by atoms with Crippen LogP contribution < -0.4 is 5.32 Å². The molecule has 2 aromatic heterocycles. The first-order valence-corrected chi connectivity index (χ1v) is 7.95. The highest BCUT2D eigenvalue weighted by Gasteiger charge is 2.18. The summed E-state index contributed by atoms with van der Waals surface area (Å²) in [5, 5.41) is 7.27. The van der Waals surface area contributed by atoms with Crippen molar-refractivity contribution in [1.29, 1.82) is 0 Å². The van der Waals surface area contributed by atoms with E-state index in [9.17, 15) is 4.79 Å². The van der Waals surface area contributed by atoms with E-state index in [0.29, 0.717) is 17.4 Å². The van der Waals surface area contributed by atoms with Gasteiger partial charge < -0.3 is 10.1 Å². The Balaban J connectivity index is 1.49. The smallest absolute Gasteiger partial charge is 0.242 e. The number of nitrogens with one attached hydrogen (secondary N) is 1. The molecule has 0 aromatic carbocycles. The van der Waals surface area contributed by atoms with Crippen molar-refractivity contribution < 1.29 is 9.53 Å². The second kappa shape index (κ2) is 7.52. The van der Waals surface area contributed by atoms with Crippen LogP contribution in [0.25, 0.3) is 0 Å². The third-order valence-electron chi connectivity index (χ3n) is 3.59. The second-order valence-corrected chi connectivity index (χ2v) is 5.87. The van der Waals surface area contributed by atoms with Gasteiger partial charge in [-0.25, -0.2) is 9.97 Å². The standard InChI is InChI=1S/C15H18ClN5O2/c16-12-8-20-21(9-12)10-14(22)17-5-11-6-18-15(19-7-11)13-3-1-2-4-23-13/h6-9,13H,1-5,10H2,(H,17,22). The quantitative estimate of drug-likeness (QED) is 0.902. The molecule has 3 rings (SSSR count). The number of aromatic nitrogens is 4. The van der Waals surface area contributed by atoms with Crippen LogP contribution in [0.5, 0.6) is 0 Å². The first kappa shape index (κ1) is 15.9. The number of hydrogen-bond donors (Lipinski definition) is 1. The van der Waals surface area contributed by atoms with Gasteiger partial charge in [-0.2, -0.15) is 5.10 Å². The van der Waals surface area contributed by atoms with E-state index in [1.54, 1.807) is 18.6 Å². The normalized spacial score (nSPS) is 17.9. The van der Waals surface area contributed by atoms with Gasteiger partial charge in [-0.15, -0.1) is 0 Å². The average molecular weight is 336 g/mol. The van der Waals surface area contributed by atoms with Crippen LogP contribution in [0.1, 0.15) is 36.8 Å². The summed E-state index contributed by atoms with van der Waals surface area (Å²) < 4.78 is 7.14. The Bertz CT molecular complexity index is 652. The molecule has 0 saturated carbocycles. The fraction of sp³-hybridized carbons (Fsp3) is 0.467. The van der Waals surface area contributed by atoms with Gasteiger partial charge in [-0.05, 0) is 19.3 Å².